The highest BCUT2D eigenvalue weighted by Crippen LogP contribution is 2.35. The van der Waals surface area contributed by atoms with Gasteiger partial charge in [-0.05, 0) is 67.9 Å². The zero-order valence-corrected chi connectivity index (χ0v) is 21.7. The number of rotatable bonds is 8. The van der Waals surface area contributed by atoms with Crippen LogP contribution >= 0.6 is 11.8 Å². The first-order valence-corrected chi connectivity index (χ1v) is 12.8. The number of pyridine rings is 1. The van der Waals surface area contributed by atoms with E-state index in [0.717, 1.165) is 56.0 Å². The number of benzene rings is 3. The number of hydrogen-bond acceptors (Lipinski definition) is 6. The molecule has 0 aliphatic carbocycles. The highest BCUT2D eigenvalue weighted by atomic mass is 32.2. The van der Waals surface area contributed by atoms with Gasteiger partial charge in [0, 0.05) is 29.3 Å². The van der Waals surface area contributed by atoms with Crippen LogP contribution in [-0.4, -0.2) is 33.5 Å². The lowest BCUT2D eigenvalue weighted by Crippen LogP contribution is -1.98. The van der Waals surface area contributed by atoms with Crippen LogP contribution in [0.4, 0.5) is 0 Å². The summed E-state index contributed by atoms with van der Waals surface area (Å²) in [5.41, 5.74) is 6.22. The summed E-state index contributed by atoms with van der Waals surface area (Å²) in [4.78, 5) is 4.95. The molecule has 36 heavy (non-hydrogen) atoms. The molecule has 7 heteroatoms. The highest BCUT2D eigenvalue weighted by Gasteiger charge is 2.17. The molecule has 0 atom stereocenters. The summed E-state index contributed by atoms with van der Waals surface area (Å²) >= 11 is 1.68. The van der Waals surface area contributed by atoms with E-state index in [2.05, 4.69) is 52.0 Å². The molecule has 0 aliphatic rings. The molecule has 2 heterocycles. The number of aryl methyl sites for hydroxylation is 1. The van der Waals surface area contributed by atoms with E-state index >= 15 is 0 Å². The molecule has 3 aromatic carbocycles. The highest BCUT2D eigenvalue weighted by molar-refractivity contribution is 7.98. The Morgan fingerprint density at radius 3 is 2.47 bits per heavy atom. The third-order valence-corrected chi connectivity index (χ3v) is 7.09. The summed E-state index contributed by atoms with van der Waals surface area (Å²) in [6, 6.07) is 24.6. The molecule has 0 radical (unpaired) electrons. The van der Waals surface area contributed by atoms with Crippen molar-refractivity contribution in [2.75, 3.05) is 13.7 Å². The van der Waals surface area contributed by atoms with Crippen molar-refractivity contribution in [1.82, 2.24) is 19.7 Å². The topological polar surface area (TPSA) is 62.1 Å². The van der Waals surface area contributed by atoms with Gasteiger partial charge in [-0.15, -0.1) is 10.2 Å². The van der Waals surface area contributed by atoms with Crippen LogP contribution < -0.4 is 9.47 Å². The van der Waals surface area contributed by atoms with Gasteiger partial charge in [-0.1, -0.05) is 41.6 Å². The fraction of sp³-hybridized carbons (Fsp3) is 0.207. The van der Waals surface area contributed by atoms with Crippen LogP contribution in [0.15, 0.2) is 78.0 Å². The lowest BCUT2D eigenvalue weighted by Gasteiger charge is -2.12. The van der Waals surface area contributed by atoms with Gasteiger partial charge in [-0.25, -0.2) is 4.98 Å². The van der Waals surface area contributed by atoms with Crippen LogP contribution in [0.1, 0.15) is 18.1 Å². The normalized spacial score (nSPS) is 11.1. The summed E-state index contributed by atoms with van der Waals surface area (Å²) in [5.74, 6) is 3.24. The molecule has 0 unspecified atom stereocenters. The fourth-order valence-corrected chi connectivity index (χ4v) is 5.03. The lowest BCUT2D eigenvalue weighted by atomic mass is 10.0. The van der Waals surface area contributed by atoms with Crippen molar-refractivity contribution < 1.29 is 9.47 Å². The zero-order valence-electron chi connectivity index (χ0n) is 20.9. The van der Waals surface area contributed by atoms with Crippen molar-refractivity contribution in [2.45, 2.75) is 24.8 Å². The minimum atomic E-state index is 0.599. The van der Waals surface area contributed by atoms with Crippen LogP contribution in [0.2, 0.25) is 0 Å². The van der Waals surface area contributed by atoms with Crippen LogP contribution in [-0.2, 0) is 12.8 Å². The molecule has 0 aliphatic heterocycles. The third kappa shape index (κ3) is 4.93. The molecule has 0 fully saturated rings. The van der Waals surface area contributed by atoms with E-state index < -0.39 is 0 Å². The minimum Gasteiger partial charge on any atom is -0.497 e. The molecule has 0 spiro atoms. The predicted molar refractivity (Wildman–Crippen MR) is 146 cm³/mol. The number of methoxy groups -OCH3 is 1. The van der Waals surface area contributed by atoms with E-state index in [1.165, 1.54) is 11.1 Å². The molecule has 2 aromatic heterocycles. The monoisotopic (exact) mass is 496 g/mol. The maximum atomic E-state index is 5.79. The minimum absolute atomic E-state index is 0.599. The van der Waals surface area contributed by atoms with Gasteiger partial charge in [0.25, 0.3) is 0 Å². The number of nitrogens with zero attached hydrogens (tertiary/aromatic N) is 4. The molecule has 6 nitrogen and oxygen atoms in total. The van der Waals surface area contributed by atoms with Gasteiger partial charge in [0.1, 0.15) is 11.5 Å². The van der Waals surface area contributed by atoms with Gasteiger partial charge >= 0.3 is 0 Å². The number of fused-ring (bicyclic) bond motifs is 1. The molecule has 0 bridgehead atoms. The Balaban J connectivity index is 1.57. The Hall–Kier alpha value is -3.84. The lowest BCUT2D eigenvalue weighted by molar-refractivity contribution is 0.340. The van der Waals surface area contributed by atoms with Gasteiger partial charge in [-0.2, -0.15) is 0 Å². The summed E-state index contributed by atoms with van der Waals surface area (Å²) in [6.45, 7) is 4.69. The molecular weight excluding hydrogens is 468 g/mol. The molecule has 0 saturated carbocycles. The maximum Gasteiger partial charge on any atom is 0.191 e. The third-order valence-electron chi connectivity index (χ3n) is 6.00. The fourth-order valence-electron chi connectivity index (χ4n) is 4.18. The Morgan fingerprint density at radius 1 is 0.917 bits per heavy atom. The van der Waals surface area contributed by atoms with E-state index in [4.69, 9.17) is 14.5 Å². The largest absolute Gasteiger partial charge is 0.497 e. The predicted octanol–water partition coefficient (Wildman–Crippen LogP) is 6.71. The Morgan fingerprint density at radius 2 is 1.72 bits per heavy atom. The number of thioether (sulfide) groups is 1. The number of aromatic nitrogens is 4. The first kappa shape index (κ1) is 23.9. The summed E-state index contributed by atoms with van der Waals surface area (Å²) < 4.78 is 13.2. The zero-order chi connectivity index (χ0) is 25.1. The average Bonchev–Trinajstić information content (AvgIpc) is 3.27. The van der Waals surface area contributed by atoms with Crippen LogP contribution in [0, 0.1) is 6.92 Å². The molecule has 182 valence electrons. The second-order valence-corrected chi connectivity index (χ2v) is 9.48. The summed E-state index contributed by atoms with van der Waals surface area (Å²) in [6.07, 6.45) is 0. The first-order chi connectivity index (χ1) is 17.6. The summed E-state index contributed by atoms with van der Waals surface area (Å²) in [7, 11) is 3.68. The molecule has 0 N–H and O–H groups in total. The Kier molecular flexibility index (Phi) is 6.91. The second kappa shape index (κ2) is 10.4. The smallest absolute Gasteiger partial charge is 0.191 e. The van der Waals surface area contributed by atoms with Crippen molar-refractivity contribution in [3.05, 3.63) is 83.9 Å². The first-order valence-electron chi connectivity index (χ1n) is 11.9. The quantitative estimate of drug-likeness (QED) is 0.223. The van der Waals surface area contributed by atoms with Gasteiger partial charge in [0.05, 0.1) is 24.9 Å². The van der Waals surface area contributed by atoms with Crippen molar-refractivity contribution in [3.8, 4) is 34.1 Å². The number of hydrogen-bond donors (Lipinski definition) is 0. The van der Waals surface area contributed by atoms with Crippen LogP contribution in [0.25, 0.3) is 33.5 Å². The van der Waals surface area contributed by atoms with Gasteiger partial charge in [-0.3, -0.25) is 0 Å². The summed E-state index contributed by atoms with van der Waals surface area (Å²) in [5, 5.41) is 11.0. The SMILES string of the molecule is CCOc1ccc2nc(-c3ccc(OC)cc3)cc(-c3nnc(SCc4cccc(C)c4)n3C)c2c1. The van der Waals surface area contributed by atoms with E-state index in [0.29, 0.717) is 6.61 Å². The maximum absolute atomic E-state index is 5.79. The van der Waals surface area contributed by atoms with Crippen molar-refractivity contribution in [2.24, 2.45) is 7.05 Å². The van der Waals surface area contributed by atoms with Gasteiger partial charge in [0.2, 0.25) is 0 Å². The van der Waals surface area contributed by atoms with Crippen molar-refractivity contribution >= 4 is 22.7 Å². The van der Waals surface area contributed by atoms with Crippen molar-refractivity contribution in [3.63, 3.8) is 0 Å². The number of ether oxygens (including phenoxy) is 2. The van der Waals surface area contributed by atoms with Crippen molar-refractivity contribution in [1.29, 1.82) is 0 Å². The molecule has 0 saturated heterocycles. The van der Waals surface area contributed by atoms with E-state index in [-0.39, 0.29) is 0 Å². The molecule has 5 rings (SSSR count). The van der Waals surface area contributed by atoms with Gasteiger partial charge in [0.15, 0.2) is 11.0 Å². The standard InChI is InChI=1S/C29H28N4O2S/c1-5-35-23-13-14-26-24(16-23)25(17-27(30-26)21-9-11-22(34-4)12-10-21)28-31-32-29(33(28)3)36-18-20-8-6-7-19(2)15-20/h6-17H,5,18H2,1-4H3. The van der Waals surface area contributed by atoms with Crippen LogP contribution in [0.3, 0.4) is 0 Å². The molecular formula is C29H28N4O2S. The van der Waals surface area contributed by atoms with Crippen LogP contribution in [0.5, 0.6) is 11.5 Å². The van der Waals surface area contributed by atoms with E-state index in [1.54, 1.807) is 18.9 Å². The van der Waals surface area contributed by atoms with E-state index in [9.17, 15) is 0 Å². The van der Waals surface area contributed by atoms with E-state index in [1.807, 2.05) is 56.4 Å². The van der Waals surface area contributed by atoms with Gasteiger partial charge < -0.3 is 14.0 Å². The average molecular weight is 497 g/mol. The molecule has 5 aromatic rings. The Labute approximate surface area is 215 Å². The Bertz CT molecular complexity index is 1510. The molecule has 0 amide bonds. The second-order valence-electron chi connectivity index (χ2n) is 8.54.